The molecule has 0 spiro atoms. The molecule has 0 aliphatic rings. The number of fused-ring (bicyclic) bond motifs is 1. The molecule has 0 saturated heterocycles. The highest BCUT2D eigenvalue weighted by Gasteiger charge is 2.20. The first-order chi connectivity index (χ1) is 14.2. The van der Waals surface area contributed by atoms with Crippen LogP contribution in [-0.2, 0) is 16.6 Å². The van der Waals surface area contributed by atoms with Crippen LogP contribution in [0.15, 0.2) is 59.5 Å². The van der Waals surface area contributed by atoms with Crippen LogP contribution in [0.2, 0.25) is 0 Å². The molecule has 0 unspecified atom stereocenters. The highest BCUT2D eigenvalue weighted by atomic mass is 32.2. The molecule has 7 heteroatoms. The molecule has 0 aromatic heterocycles. The number of carbonyl (C=O) groups excluding carboxylic acids is 1. The number of amides is 1. The van der Waals surface area contributed by atoms with E-state index in [1.165, 1.54) is 12.1 Å². The molecule has 3 aromatic carbocycles. The number of rotatable bonds is 7. The van der Waals surface area contributed by atoms with Gasteiger partial charge < -0.3 is 9.64 Å². The van der Waals surface area contributed by atoms with Gasteiger partial charge >= 0.3 is 0 Å². The second kappa shape index (κ2) is 8.85. The van der Waals surface area contributed by atoms with Gasteiger partial charge in [-0.2, -0.15) is 0 Å². The van der Waals surface area contributed by atoms with Gasteiger partial charge in [0.05, 0.1) is 11.5 Å². The fourth-order valence-corrected chi connectivity index (χ4v) is 3.89. The highest BCUT2D eigenvalue weighted by molar-refractivity contribution is 7.89. The Morgan fingerprint density at radius 2 is 1.83 bits per heavy atom. The molecule has 1 amide bonds. The van der Waals surface area contributed by atoms with E-state index in [1.54, 1.807) is 24.9 Å². The Hall–Kier alpha value is -2.90. The molecular formula is C23H26N2O4S. The predicted molar refractivity (Wildman–Crippen MR) is 118 cm³/mol. The van der Waals surface area contributed by atoms with Crippen LogP contribution in [0.25, 0.3) is 10.8 Å². The van der Waals surface area contributed by atoms with Crippen LogP contribution in [0.4, 0.5) is 0 Å². The van der Waals surface area contributed by atoms with Gasteiger partial charge in [-0.25, -0.2) is 13.6 Å². The van der Waals surface area contributed by atoms with Crippen molar-refractivity contribution in [2.45, 2.75) is 31.7 Å². The zero-order valence-corrected chi connectivity index (χ0v) is 18.2. The molecule has 3 rings (SSSR count). The summed E-state index contributed by atoms with van der Waals surface area (Å²) in [4.78, 5) is 14.6. The lowest BCUT2D eigenvalue weighted by molar-refractivity contribution is 0.0783. The average Bonchev–Trinajstić information content (AvgIpc) is 2.72. The first-order valence-corrected chi connectivity index (χ1v) is 11.3. The third kappa shape index (κ3) is 4.63. The molecule has 158 valence electrons. The molecule has 3 aromatic rings. The Morgan fingerprint density at radius 3 is 2.53 bits per heavy atom. The fraction of sp³-hybridized carbons (Fsp3) is 0.261. The van der Waals surface area contributed by atoms with Crippen molar-refractivity contribution in [3.8, 4) is 5.75 Å². The maximum Gasteiger partial charge on any atom is 0.254 e. The van der Waals surface area contributed by atoms with Crippen LogP contribution < -0.4 is 9.88 Å². The molecule has 0 radical (unpaired) electrons. The number of nitrogens with zero attached hydrogens (tertiary/aromatic N) is 1. The topological polar surface area (TPSA) is 89.7 Å². The normalized spacial score (nSPS) is 11.5. The lowest BCUT2D eigenvalue weighted by atomic mass is 10.0. The Kier molecular flexibility index (Phi) is 6.43. The van der Waals surface area contributed by atoms with E-state index in [0.29, 0.717) is 24.3 Å². The van der Waals surface area contributed by atoms with Gasteiger partial charge in [-0.1, -0.05) is 43.3 Å². The van der Waals surface area contributed by atoms with Crippen LogP contribution >= 0.6 is 0 Å². The number of hydrogen-bond donors (Lipinski definition) is 1. The lowest BCUT2D eigenvalue weighted by Crippen LogP contribution is -2.27. The van der Waals surface area contributed by atoms with Crippen molar-refractivity contribution in [1.29, 1.82) is 0 Å². The number of primary sulfonamides is 1. The van der Waals surface area contributed by atoms with E-state index in [4.69, 9.17) is 9.88 Å². The smallest absolute Gasteiger partial charge is 0.254 e. The third-order valence-electron chi connectivity index (χ3n) is 4.97. The van der Waals surface area contributed by atoms with Crippen LogP contribution in [0, 0.1) is 6.92 Å². The van der Waals surface area contributed by atoms with E-state index in [9.17, 15) is 13.2 Å². The van der Waals surface area contributed by atoms with Gasteiger partial charge in [0.15, 0.2) is 0 Å². The van der Waals surface area contributed by atoms with E-state index in [2.05, 4.69) is 0 Å². The minimum Gasteiger partial charge on any atom is -0.493 e. The number of carbonyl (C=O) groups is 1. The SMILES string of the molecule is CCCOc1ccc2ccccc2c1CN(C)C(=O)c1cc(S(N)(=O)=O)ccc1C. The van der Waals surface area contributed by atoms with Gasteiger partial charge in [-0.3, -0.25) is 4.79 Å². The molecule has 0 bridgehead atoms. The van der Waals surface area contributed by atoms with Crippen molar-refractivity contribution in [1.82, 2.24) is 4.90 Å². The van der Waals surface area contributed by atoms with Gasteiger partial charge in [-0.05, 0) is 47.9 Å². The van der Waals surface area contributed by atoms with Crippen molar-refractivity contribution >= 4 is 26.7 Å². The molecule has 0 aliphatic heterocycles. The largest absolute Gasteiger partial charge is 0.493 e. The molecule has 0 saturated carbocycles. The van der Waals surface area contributed by atoms with Crippen LogP contribution in [0.5, 0.6) is 5.75 Å². The lowest BCUT2D eigenvalue weighted by Gasteiger charge is -2.22. The van der Waals surface area contributed by atoms with Crippen LogP contribution in [0.1, 0.15) is 34.8 Å². The van der Waals surface area contributed by atoms with Gasteiger partial charge in [0.25, 0.3) is 5.91 Å². The van der Waals surface area contributed by atoms with E-state index in [0.717, 1.165) is 28.5 Å². The molecule has 0 atom stereocenters. The summed E-state index contributed by atoms with van der Waals surface area (Å²) in [5, 5.41) is 7.31. The van der Waals surface area contributed by atoms with E-state index in [-0.39, 0.29) is 10.8 Å². The Balaban J connectivity index is 1.99. The summed E-state index contributed by atoms with van der Waals surface area (Å²) in [7, 11) is -2.21. The van der Waals surface area contributed by atoms with Crippen LogP contribution in [-0.4, -0.2) is 32.9 Å². The minimum atomic E-state index is -3.90. The number of nitrogens with two attached hydrogens (primary N) is 1. The Bertz CT molecular complexity index is 1190. The summed E-state index contributed by atoms with van der Waals surface area (Å²) >= 11 is 0. The molecule has 0 aliphatic carbocycles. The summed E-state index contributed by atoms with van der Waals surface area (Å²) in [6.45, 7) is 4.70. The number of benzene rings is 3. The first-order valence-electron chi connectivity index (χ1n) is 9.74. The predicted octanol–water partition coefficient (Wildman–Crippen LogP) is 3.86. The molecule has 0 heterocycles. The Morgan fingerprint density at radius 1 is 1.10 bits per heavy atom. The zero-order valence-electron chi connectivity index (χ0n) is 17.4. The maximum absolute atomic E-state index is 13.2. The minimum absolute atomic E-state index is 0.0815. The maximum atomic E-state index is 13.2. The zero-order chi connectivity index (χ0) is 21.9. The fourth-order valence-electron chi connectivity index (χ4n) is 3.35. The molecule has 6 nitrogen and oxygen atoms in total. The van der Waals surface area contributed by atoms with E-state index in [1.807, 2.05) is 43.3 Å². The molecule has 30 heavy (non-hydrogen) atoms. The quantitative estimate of drug-likeness (QED) is 0.621. The summed E-state index contributed by atoms with van der Waals surface area (Å²) in [6.07, 6.45) is 0.876. The van der Waals surface area contributed by atoms with Gasteiger partial charge in [0.1, 0.15) is 5.75 Å². The van der Waals surface area contributed by atoms with E-state index >= 15 is 0 Å². The summed E-state index contributed by atoms with van der Waals surface area (Å²) in [6, 6.07) is 16.2. The number of aryl methyl sites for hydroxylation is 1. The van der Waals surface area contributed by atoms with Crippen molar-refractivity contribution in [3.05, 3.63) is 71.3 Å². The van der Waals surface area contributed by atoms with Crippen molar-refractivity contribution in [2.75, 3.05) is 13.7 Å². The van der Waals surface area contributed by atoms with Crippen LogP contribution in [0.3, 0.4) is 0 Å². The summed E-state index contributed by atoms with van der Waals surface area (Å²) in [5.74, 6) is 0.456. The monoisotopic (exact) mass is 426 g/mol. The highest BCUT2D eigenvalue weighted by Crippen LogP contribution is 2.30. The first kappa shape index (κ1) is 21.8. The second-order valence-corrected chi connectivity index (χ2v) is 8.86. The van der Waals surface area contributed by atoms with Gasteiger partial charge in [0.2, 0.25) is 10.0 Å². The standard InChI is InChI=1S/C23H26N2O4S/c1-4-13-29-22-12-10-17-7-5-6-8-19(17)21(22)15-25(3)23(26)20-14-18(30(24,27)28)11-9-16(20)2/h5-12,14H,4,13,15H2,1-3H3,(H2,24,27,28). The third-order valence-corrected chi connectivity index (χ3v) is 5.88. The summed E-state index contributed by atoms with van der Waals surface area (Å²) in [5.41, 5.74) is 1.90. The van der Waals surface area contributed by atoms with Gasteiger partial charge in [0, 0.05) is 24.7 Å². The molecular weight excluding hydrogens is 400 g/mol. The van der Waals surface area contributed by atoms with E-state index < -0.39 is 10.0 Å². The van der Waals surface area contributed by atoms with Crippen molar-refractivity contribution in [3.63, 3.8) is 0 Å². The average molecular weight is 427 g/mol. The molecule has 2 N–H and O–H groups in total. The van der Waals surface area contributed by atoms with Crippen molar-refractivity contribution in [2.24, 2.45) is 5.14 Å². The second-order valence-electron chi connectivity index (χ2n) is 7.29. The summed E-state index contributed by atoms with van der Waals surface area (Å²) < 4.78 is 29.3. The number of hydrogen-bond acceptors (Lipinski definition) is 4. The number of ether oxygens (including phenoxy) is 1. The number of sulfonamides is 1. The molecule has 0 fully saturated rings. The Labute approximate surface area is 177 Å². The van der Waals surface area contributed by atoms with Crippen molar-refractivity contribution < 1.29 is 17.9 Å². The van der Waals surface area contributed by atoms with Gasteiger partial charge in [-0.15, -0.1) is 0 Å².